The first-order chi connectivity index (χ1) is 11.0. The Morgan fingerprint density at radius 2 is 1.87 bits per heavy atom. The maximum absolute atomic E-state index is 13.6. The summed E-state index contributed by atoms with van der Waals surface area (Å²) < 4.78 is 13.6. The van der Waals surface area contributed by atoms with Crippen molar-refractivity contribution >= 4 is 17.3 Å². The van der Waals surface area contributed by atoms with Crippen LogP contribution in [0.4, 0.5) is 15.8 Å². The Balaban J connectivity index is 1.89. The summed E-state index contributed by atoms with van der Waals surface area (Å²) >= 11 is 0. The number of quaternary nitrogens is 1. The van der Waals surface area contributed by atoms with E-state index in [-0.39, 0.29) is 24.0 Å². The third kappa shape index (κ3) is 4.86. The normalized spacial score (nSPS) is 11.7. The molecule has 2 aromatic rings. The fourth-order valence-electron chi connectivity index (χ4n) is 2.18. The topological polar surface area (TPSA) is 76.7 Å². The van der Waals surface area contributed by atoms with E-state index in [1.165, 1.54) is 30.3 Å². The van der Waals surface area contributed by atoms with Gasteiger partial charge in [-0.1, -0.05) is 18.2 Å². The quantitative estimate of drug-likeness (QED) is 0.624. The van der Waals surface area contributed by atoms with Crippen LogP contribution in [0.1, 0.15) is 5.56 Å². The van der Waals surface area contributed by atoms with Crippen molar-refractivity contribution in [3.05, 3.63) is 70.0 Å². The molecule has 0 aromatic heterocycles. The van der Waals surface area contributed by atoms with Crippen LogP contribution >= 0.6 is 0 Å². The molecule has 0 aliphatic heterocycles. The van der Waals surface area contributed by atoms with Crippen molar-refractivity contribution in [1.29, 1.82) is 0 Å². The van der Waals surface area contributed by atoms with Crippen LogP contribution in [0.15, 0.2) is 48.5 Å². The molecular weight excluding hydrogens is 301 g/mol. The fourth-order valence-corrected chi connectivity index (χ4v) is 2.18. The second kappa shape index (κ2) is 7.46. The van der Waals surface area contributed by atoms with E-state index in [4.69, 9.17) is 0 Å². The number of halogens is 1. The molecule has 0 aliphatic carbocycles. The SMILES string of the molecule is C[NH+](CC(=O)Nc1ccc([N+](=O)[O-])cc1)Cc1ccccc1F. The molecule has 0 aliphatic rings. The summed E-state index contributed by atoms with van der Waals surface area (Å²) in [7, 11) is 1.79. The highest BCUT2D eigenvalue weighted by Gasteiger charge is 2.13. The standard InChI is InChI=1S/C16H16FN3O3/c1-19(10-12-4-2-3-5-15(12)17)11-16(21)18-13-6-8-14(9-7-13)20(22)23/h2-9H,10-11H2,1H3,(H,18,21)/p+1. The van der Waals surface area contributed by atoms with E-state index >= 15 is 0 Å². The van der Waals surface area contributed by atoms with Crippen molar-refractivity contribution in [2.45, 2.75) is 6.54 Å². The van der Waals surface area contributed by atoms with Gasteiger partial charge in [0.1, 0.15) is 12.4 Å². The number of hydrogen-bond donors (Lipinski definition) is 2. The van der Waals surface area contributed by atoms with Gasteiger partial charge in [0.15, 0.2) is 6.54 Å². The Bertz CT molecular complexity index is 704. The summed E-state index contributed by atoms with van der Waals surface area (Å²) in [6, 6.07) is 12.0. The number of carbonyl (C=O) groups excluding carboxylic acids is 1. The lowest BCUT2D eigenvalue weighted by Crippen LogP contribution is -3.08. The lowest BCUT2D eigenvalue weighted by Gasteiger charge is -2.14. The van der Waals surface area contributed by atoms with Crippen molar-refractivity contribution in [3.63, 3.8) is 0 Å². The van der Waals surface area contributed by atoms with Gasteiger partial charge >= 0.3 is 0 Å². The molecule has 0 fully saturated rings. The lowest BCUT2D eigenvalue weighted by atomic mass is 10.2. The first-order valence-electron chi connectivity index (χ1n) is 7.04. The minimum Gasteiger partial charge on any atom is -0.326 e. The van der Waals surface area contributed by atoms with Crippen LogP contribution in [0.3, 0.4) is 0 Å². The van der Waals surface area contributed by atoms with Crippen molar-refractivity contribution < 1.29 is 19.0 Å². The molecule has 0 spiro atoms. The van der Waals surface area contributed by atoms with Gasteiger partial charge in [0.05, 0.1) is 12.0 Å². The van der Waals surface area contributed by atoms with E-state index in [9.17, 15) is 19.3 Å². The molecule has 1 unspecified atom stereocenters. The molecule has 0 bridgehead atoms. The lowest BCUT2D eigenvalue weighted by molar-refractivity contribution is -0.885. The van der Waals surface area contributed by atoms with Crippen LogP contribution in [0, 0.1) is 15.9 Å². The first-order valence-corrected chi connectivity index (χ1v) is 7.04. The molecule has 0 saturated carbocycles. The molecule has 120 valence electrons. The molecule has 23 heavy (non-hydrogen) atoms. The van der Waals surface area contributed by atoms with E-state index in [0.29, 0.717) is 17.8 Å². The predicted molar refractivity (Wildman–Crippen MR) is 83.6 cm³/mol. The monoisotopic (exact) mass is 318 g/mol. The molecule has 7 heteroatoms. The minimum absolute atomic E-state index is 0.0368. The maximum Gasteiger partial charge on any atom is 0.279 e. The molecule has 0 heterocycles. The van der Waals surface area contributed by atoms with Crippen molar-refractivity contribution in [3.8, 4) is 0 Å². The number of likely N-dealkylation sites (N-methyl/N-ethyl adjacent to an activating group) is 1. The highest BCUT2D eigenvalue weighted by Crippen LogP contribution is 2.15. The van der Waals surface area contributed by atoms with Gasteiger partial charge in [-0.15, -0.1) is 0 Å². The zero-order chi connectivity index (χ0) is 16.8. The summed E-state index contributed by atoms with van der Waals surface area (Å²) in [6.45, 7) is 0.547. The number of nitro benzene ring substituents is 1. The molecule has 1 atom stereocenters. The summed E-state index contributed by atoms with van der Waals surface area (Å²) in [5.74, 6) is -0.532. The van der Waals surface area contributed by atoms with E-state index in [2.05, 4.69) is 5.32 Å². The number of amides is 1. The van der Waals surface area contributed by atoms with E-state index in [1.54, 1.807) is 25.2 Å². The third-order valence-electron chi connectivity index (χ3n) is 3.27. The Morgan fingerprint density at radius 3 is 2.48 bits per heavy atom. The van der Waals surface area contributed by atoms with Crippen LogP contribution < -0.4 is 10.2 Å². The highest BCUT2D eigenvalue weighted by molar-refractivity contribution is 5.91. The van der Waals surface area contributed by atoms with Gasteiger partial charge in [-0.2, -0.15) is 0 Å². The average Bonchev–Trinajstić information content (AvgIpc) is 2.50. The second-order valence-corrected chi connectivity index (χ2v) is 5.25. The van der Waals surface area contributed by atoms with E-state index in [1.807, 2.05) is 0 Å². The van der Waals surface area contributed by atoms with Crippen LogP contribution in [0.5, 0.6) is 0 Å². The van der Waals surface area contributed by atoms with Crippen LogP contribution in [0.2, 0.25) is 0 Å². The Kier molecular flexibility index (Phi) is 5.37. The number of anilines is 1. The first kappa shape index (κ1) is 16.6. The molecule has 2 rings (SSSR count). The van der Waals surface area contributed by atoms with E-state index < -0.39 is 4.92 Å². The molecule has 2 aromatic carbocycles. The van der Waals surface area contributed by atoms with Crippen molar-refractivity contribution in [1.82, 2.24) is 0 Å². The number of nitrogens with one attached hydrogen (secondary N) is 2. The van der Waals surface area contributed by atoms with E-state index in [0.717, 1.165) is 4.90 Å². The average molecular weight is 318 g/mol. The fraction of sp³-hybridized carbons (Fsp3) is 0.188. The van der Waals surface area contributed by atoms with Crippen molar-refractivity contribution in [2.24, 2.45) is 0 Å². The Morgan fingerprint density at radius 1 is 1.22 bits per heavy atom. The van der Waals surface area contributed by atoms with Gasteiger partial charge in [-0.3, -0.25) is 14.9 Å². The Labute approximate surface area is 132 Å². The summed E-state index contributed by atoms with van der Waals surface area (Å²) in [5.41, 5.74) is 0.998. The van der Waals surface area contributed by atoms with Crippen LogP contribution in [-0.2, 0) is 11.3 Å². The van der Waals surface area contributed by atoms with Crippen molar-refractivity contribution in [2.75, 3.05) is 18.9 Å². The zero-order valence-corrected chi connectivity index (χ0v) is 12.6. The van der Waals surface area contributed by atoms with Crippen LogP contribution in [0.25, 0.3) is 0 Å². The minimum atomic E-state index is -0.502. The number of benzene rings is 2. The smallest absolute Gasteiger partial charge is 0.279 e. The van der Waals surface area contributed by atoms with Gasteiger partial charge in [0, 0.05) is 23.4 Å². The van der Waals surface area contributed by atoms with Gasteiger partial charge in [-0.25, -0.2) is 4.39 Å². The Hall–Kier alpha value is -2.80. The molecule has 6 nitrogen and oxygen atoms in total. The van der Waals surface area contributed by atoms with Gasteiger partial charge in [0.25, 0.3) is 11.6 Å². The third-order valence-corrected chi connectivity index (χ3v) is 3.27. The second-order valence-electron chi connectivity index (χ2n) is 5.25. The highest BCUT2D eigenvalue weighted by atomic mass is 19.1. The van der Waals surface area contributed by atoms with Gasteiger partial charge < -0.3 is 10.2 Å². The van der Waals surface area contributed by atoms with Gasteiger partial charge in [-0.05, 0) is 18.2 Å². The van der Waals surface area contributed by atoms with Crippen LogP contribution in [-0.4, -0.2) is 24.4 Å². The summed E-state index contributed by atoms with van der Waals surface area (Å²) in [4.78, 5) is 22.8. The number of non-ortho nitro benzene ring substituents is 1. The number of rotatable bonds is 6. The number of nitrogens with zero attached hydrogens (tertiary/aromatic N) is 1. The summed E-state index contributed by atoms with van der Waals surface area (Å²) in [5, 5.41) is 13.2. The maximum atomic E-state index is 13.6. The van der Waals surface area contributed by atoms with Gasteiger partial charge in [0.2, 0.25) is 0 Å². The number of hydrogen-bond acceptors (Lipinski definition) is 3. The zero-order valence-electron chi connectivity index (χ0n) is 12.6. The summed E-state index contributed by atoms with van der Waals surface area (Å²) in [6.07, 6.45) is 0. The predicted octanol–water partition coefficient (Wildman–Crippen LogP) is 1.39. The molecule has 2 N–H and O–H groups in total. The molecule has 1 amide bonds. The molecular formula is C16H17FN3O3+. The largest absolute Gasteiger partial charge is 0.326 e. The molecule has 0 saturated heterocycles. The number of carbonyl (C=O) groups is 1. The number of nitro groups is 1. The molecule has 0 radical (unpaired) electrons.